The molecule has 0 bridgehead atoms. The molecule has 0 saturated carbocycles. The second kappa shape index (κ2) is 5.77. The summed E-state index contributed by atoms with van der Waals surface area (Å²) in [6, 6.07) is 8.01. The third-order valence-electron chi connectivity index (χ3n) is 2.64. The van der Waals surface area contributed by atoms with Crippen molar-refractivity contribution in [1.82, 2.24) is 0 Å². The van der Waals surface area contributed by atoms with Crippen molar-refractivity contribution in [2.24, 2.45) is 0 Å². The first kappa shape index (κ1) is 12.0. The molecule has 2 rings (SSSR count). The van der Waals surface area contributed by atoms with Crippen molar-refractivity contribution in [1.29, 1.82) is 0 Å². The molecule has 0 aliphatic carbocycles. The van der Waals surface area contributed by atoms with Gasteiger partial charge in [0.2, 0.25) is 0 Å². The van der Waals surface area contributed by atoms with E-state index in [1.165, 1.54) is 0 Å². The average molecular weight is 287 g/mol. The molecule has 0 amide bonds. The topological polar surface area (TPSA) is 38.7 Å². The lowest BCUT2D eigenvalue weighted by Crippen LogP contribution is -2.35. The normalized spacial score (nSPS) is 25.6. The minimum absolute atomic E-state index is 0.0653. The molecule has 1 heterocycles. The molecule has 0 aromatic heterocycles. The van der Waals surface area contributed by atoms with Gasteiger partial charge in [-0.1, -0.05) is 34.1 Å². The molecule has 1 saturated heterocycles. The highest BCUT2D eigenvalue weighted by atomic mass is 79.9. The molecule has 1 aromatic carbocycles. The summed E-state index contributed by atoms with van der Waals surface area (Å²) in [4.78, 5) is 0. The Balaban J connectivity index is 1.97. The number of ether oxygens (including phenoxy) is 2. The molecule has 1 aromatic rings. The van der Waals surface area contributed by atoms with E-state index < -0.39 is 0 Å². The Morgan fingerprint density at radius 2 is 2.19 bits per heavy atom. The summed E-state index contributed by atoms with van der Waals surface area (Å²) >= 11 is 3.49. The zero-order valence-corrected chi connectivity index (χ0v) is 10.5. The number of hydrogen-bond acceptors (Lipinski definition) is 3. The first-order chi connectivity index (χ1) is 7.79. The molecule has 88 valence electrons. The van der Waals surface area contributed by atoms with Crippen LogP contribution < -0.4 is 0 Å². The second-order valence-corrected chi connectivity index (χ2v) is 4.68. The molecule has 1 aliphatic heterocycles. The van der Waals surface area contributed by atoms with Crippen molar-refractivity contribution in [2.75, 3.05) is 13.2 Å². The highest BCUT2D eigenvalue weighted by Gasteiger charge is 2.22. The molecule has 2 atom stereocenters. The summed E-state index contributed by atoms with van der Waals surface area (Å²) in [5, 5.41) is 9.04. The van der Waals surface area contributed by atoms with E-state index in [0.29, 0.717) is 13.0 Å². The summed E-state index contributed by atoms with van der Waals surface area (Å²) in [7, 11) is 0. The van der Waals surface area contributed by atoms with Gasteiger partial charge in [0, 0.05) is 10.9 Å². The maximum Gasteiger partial charge on any atom is 0.162 e. The van der Waals surface area contributed by atoms with Gasteiger partial charge in [0.15, 0.2) is 6.29 Å². The van der Waals surface area contributed by atoms with Crippen LogP contribution in [0, 0.1) is 0 Å². The zero-order valence-electron chi connectivity index (χ0n) is 8.93. The fourth-order valence-electron chi connectivity index (χ4n) is 1.74. The summed E-state index contributed by atoms with van der Waals surface area (Å²) < 4.78 is 12.2. The maximum atomic E-state index is 9.04. The number of aliphatic hydroxyl groups is 1. The van der Waals surface area contributed by atoms with Gasteiger partial charge in [0.25, 0.3) is 0 Å². The van der Waals surface area contributed by atoms with E-state index in [4.69, 9.17) is 14.6 Å². The van der Waals surface area contributed by atoms with Crippen LogP contribution in [0.2, 0.25) is 0 Å². The van der Waals surface area contributed by atoms with Gasteiger partial charge in [-0.2, -0.15) is 0 Å². The summed E-state index contributed by atoms with van der Waals surface area (Å²) in [5.41, 5.74) is 1.16. The second-order valence-electron chi connectivity index (χ2n) is 3.83. The Kier molecular flexibility index (Phi) is 4.35. The van der Waals surface area contributed by atoms with Crippen LogP contribution in [0.1, 0.15) is 12.0 Å². The summed E-state index contributed by atoms with van der Waals surface area (Å²) in [5.74, 6) is 0. The molecular weight excluding hydrogens is 272 g/mol. The minimum atomic E-state index is -0.246. The largest absolute Gasteiger partial charge is 0.394 e. The molecule has 0 spiro atoms. The van der Waals surface area contributed by atoms with E-state index in [9.17, 15) is 0 Å². The third-order valence-corrected chi connectivity index (χ3v) is 3.41. The molecule has 16 heavy (non-hydrogen) atoms. The Hall–Kier alpha value is -0.420. The van der Waals surface area contributed by atoms with Crippen LogP contribution in [0.4, 0.5) is 0 Å². The average Bonchev–Trinajstić information content (AvgIpc) is 2.32. The van der Waals surface area contributed by atoms with Crippen molar-refractivity contribution >= 4 is 15.9 Å². The van der Waals surface area contributed by atoms with Crippen molar-refractivity contribution in [3.05, 3.63) is 34.3 Å². The SMILES string of the molecule is OC[C@@H]1CCO[C@H](Cc2ccccc2Br)O1. The highest BCUT2D eigenvalue weighted by molar-refractivity contribution is 9.10. The molecule has 1 aliphatic rings. The van der Waals surface area contributed by atoms with Crippen molar-refractivity contribution in [3.8, 4) is 0 Å². The Morgan fingerprint density at radius 1 is 1.38 bits per heavy atom. The minimum Gasteiger partial charge on any atom is -0.394 e. The Bertz CT molecular complexity index is 343. The van der Waals surface area contributed by atoms with Crippen LogP contribution in [0.3, 0.4) is 0 Å². The van der Waals surface area contributed by atoms with E-state index in [1.54, 1.807) is 0 Å². The van der Waals surface area contributed by atoms with Crippen molar-refractivity contribution < 1.29 is 14.6 Å². The number of rotatable bonds is 3. The highest BCUT2D eigenvalue weighted by Crippen LogP contribution is 2.21. The lowest BCUT2D eigenvalue weighted by Gasteiger charge is -2.29. The third kappa shape index (κ3) is 3.04. The number of aliphatic hydroxyl groups excluding tert-OH is 1. The lowest BCUT2D eigenvalue weighted by atomic mass is 10.1. The van der Waals surface area contributed by atoms with Gasteiger partial charge in [-0.3, -0.25) is 0 Å². The maximum absolute atomic E-state index is 9.04. The van der Waals surface area contributed by atoms with Crippen LogP contribution in [-0.2, 0) is 15.9 Å². The Morgan fingerprint density at radius 3 is 2.94 bits per heavy atom. The fraction of sp³-hybridized carbons (Fsp3) is 0.500. The standard InChI is InChI=1S/C12H15BrO3/c13-11-4-2-1-3-9(11)7-12-15-6-5-10(8-14)16-12/h1-4,10,12,14H,5-8H2/t10-,12-/m0/s1. The van der Waals surface area contributed by atoms with Crippen molar-refractivity contribution in [3.63, 3.8) is 0 Å². The molecule has 3 nitrogen and oxygen atoms in total. The molecule has 0 radical (unpaired) electrons. The lowest BCUT2D eigenvalue weighted by molar-refractivity contribution is -0.218. The predicted molar refractivity (Wildman–Crippen MR) is 64.2 cm³/mol. The number of hydrogen-bond donors (Lipinski definition) is 1. The molecule has 1 fully saturated rings. The molecule has 0 unspecified atom stereocenters. The van der Waals surface area contributed by atoms with Crippen LogP contribution in [0.15, 0.2) is 28.7 Å². The first-order valence-corrected chi connectivity index (χ1v) is 6.20. The van der Waals surface area contributed by atoms with Crippen molar-refractivity contribution in [2.45, 2.75) is 25.2 Å². The van der Waals surface area contributed by atoms with Gasteiger partial charge in [-0.05, 0) is 18.1 Å². The number of benzene rings is 1. The zero-order chi connectivity index (χ0) is 11.4. The number of halogens is 1. The van der Waals surface area contributed by atoms with Gasteiger partial charge >= 0.3 is 0 Å². The van der Waals surface area contributed by atoms with Gasteiger partial charge in [-0.25, -0.2) is 0 Å². The van der Waals surface area contributed by atoms with E-state index in [1.807, 2.05) is 24.3 Å². The van der Waals surface area contributed by atoms with Gasteiger partial charge < -0.3 is 14.6 Å². The van der Waals surface area contributed by atoms with E-state index in [2.05, 4.69) is 15.9 Å². The van der Waals surface area contributed by atoms with Gasteiger partial charge in [0.05, 0.1) is 19.3 Å². The van der Waals surface area contributed by atoms with Crippen LogP contribution in [0.5, 0.6) is 0 Å². The molecular formula is C12H15BrO3. The first-order valence-electron chi connectivity index (χ1n) is 5.41. The fourth-order valence-corrected chi connectivity index (χ4v) is 2.18. The van der Waals surface area contributed by atoms with Crippen LogP contribution >= 0.6 is 15.9 Å². The van der Waals surface area contributed by atoms with Gasteiger partial charge in [0.1, 0.15) is 0 Å². The smallest absolute Gasteiger partial charge is 0.162 e. The summed E-state index contributed by atoms with van der Waals surface area (Å²) in [6.07, 6.45) is 1.15. The van der Waals surface area contributed by atoms with E-state index >= 15 is 0 Å². The van der Waals surface area contributed by atoms with Crippen LogP contribution in [-0.4, -0.2) is 30.7 Å². The predicted octanol–water partition coefficient (Wildman–Crippen LogP) is 2.12. The van der Waals surface area contributed by atoms with E-state index in [0.717, 1.165) is 16.5 Å². The summed E-state index contributed by atoms with van der Waals surface area (Å²) in [6.45, 7) is 0.718. The Labute approximate surface area is 104 Å². The van der Waals surface area contributed by atoms with E-state index in [-0.39, 0.29) is 19.0 Å². The quantitative estimate of drug-likeness (QED) is 0.925. The van der Waals surface area contributed by atoms with Gasteiger partial charge in [-0.15, -0.1) is 0 Å². The molecule has 1 N–H and O–H groups in total. The van der Waals surface area contributed by atoms with Crippen LogP contribution in [0.25, 0.3) is 0 Å². The monoisotopic (exact) mass is 286 g/mol. The molecule has 4 heteroatoms.